The van der Waals surface area contributed by atoms with E-state index < -0.39 is 6.10 Å². The lowest BCUT2D eigenvalue weighted by Gasteiger charge is -2.24. The van der Waals surface area contributed by atoms with Crippen LogP contribution in [0.25, 0.3) is 0 Å². The molecule has 94 valence electrons. The number of rotatable bonds is 5. The van der Waals surface area contributed by atoms with E-state index >= 15 is 0 Å². The molecule has 0 aliphatic rings. The van der Waals surface area contributed by atoms with Crippen molar-refractivity contribution in [3.8, 4) is 0 Å². The van der Waals surface area contributed by atoms with Crippen LogP contribution >= 0.6 is 15.9 Å². The van der Waals surface area contributed by atoms with Crippen molar-refractivity contribution in [2.24, 2.45) is 0 Å². The summed E-state index contributed by atoms with van der Waals surface area (Å²) in [6, 6.07) is 6.05. The summed E-state index contributed by atoms with van der Waals surface area (Å²) in [4.78, 5) is 2.25. The van der Waals surface area contributed by atoms with Gasteiger partial charge in [-0.1, -0.05) is 34.1 Å². The lowest BCUT2D eigenvalue weighted by atomic mass is 10.1. The fraction of sp³-hybridized carbons (Fsp3) is 0.429. The zero-order valence-corrected chi connectivity index (χ0v) is 12.3. The van der Waals surface area contributed by atoms with Crippen molar-refractivity contribution in [1.82, 2.24) is 0 Å². The SMILES string of the molecule is C=C(C)CN(CC)c1ccc(C(C)O)c(Br)c1. The highest BCUT2D eigenvalue weighted by molar-refractivity contribution is 9.10. The Labute approximate surface area is 112 Å². The van der Waals surface area contributed by atoms with Crippen LogP contribution < -0.4 is 4.90 Å². The third-order valence-corrected chi connectivity index (χ3v) is 3.33. The largest absolute Gasteiger partial charge is 0.389 e. The molecule has 1 N–H and O–H groups in total. The second-order valence-corrected chi connectivity index (χ2v) is 5.21. The average molecular weight is 298 g/mol. The number of anilines is 1. The van der Waals surface area contributed by atoms with Crippen LogP contribution in [0.15, 0.2) is 34.8 Å². The monoisotopic (exact) mass is 297 g/mol. The fourth-order valence-electron chi connectivity index (χ4n) is 1.76. The third kappa shape index (κ3) is 3.86. The number of likely N-dealkylation sites (N-methyl/N-ethyl adjacent to an activating group) is 1. The van der Waals surface area contributed by atoms with Crippen LogP contribution in [0.2, 0.25) is 0 Å². The van der Waals surface area contributed by atoms with Gasteiger partial charge >= 0.3 is 0 Å². The van der Waals surface area contributed by atoms with Gasteiger partial charge in [0.05, 0.1) is 6.10 Å². The summed E-state index contributed by atoms with van der Waals surface area (Å²) in [6.45, 7) is 11.7. The molecule has 0 bridgehead atoms. The predicted molar refractivity (Wildman–Crippen MR) is 77.5 cm³/mol. The molecule has 1 aromatic carbocycles. The Balaban J connectivity index is 2.98. The van der Waals surface area contributed by atoms with E-state index in [2.05, 4.69) is 40.4 Å². The molecule has 0 aliphatic carbocycles. The van der Waals surface area contributed by atoms with Gasteiger partial charge in [0.25, 0.3) is 0 Å². The molecular weight excluding hydrogens is 278 g/mol. The van der Waals surface area contributed by atoms with Crippen LogP contribution in [0.3, 0.4) is 0 Å². The normalized spacial score (nSPS) is 12.3. The maximum Gasteiger partial charge on any atom is 0.0772 e. The van der Waals surface area contributed by atoms with Gasteiger partial charge in [0.2, 0.25) is 0 Å². The van der Waals surface area contributed by atoms with Crippen LogP contribution in [0.5, 0.6) is 0 Å². The number of halogens is 1. The van der Waals surface area contributed by atoms with E-state index in [9.17, 15) is 5.11 Å². The predicted octanol–water partition coefficient (Wildman–Crippen LogP) is 3.90. The molecule has 0 radical (unpaired) electrons. The van der Waals surface area contributed by atoms with Gasteiger partial charge in [-0.3, -0.25) is 0 Å². The molecule has 1 unspecified atom stereocenters. The maximum atomic E-state index is 9.58. The summed E-state index contributed by atoms with van der Waals surface area (Å²) in [5, 5.41) is 9.58. The summed E-state index contributed by atoms with van der Waals surface area (Å²) in [5.74, 6) is 0. The highest BCUT2D eigenvalue weighted by atomic mass is 79.9. The number of benzene rings is 1. The number of nitrogens with zero attached hydrogens (tertiary/aromatic N) is 1. The van der Waals surface area contributed by atoms with Crippen molar-refractivity contribution in [2.75, 3.05) is 18.0 Å². The first-order valence-corrected chi connectivity index (χ1v) is 6.61. The highest BCUT2D eigenvalue weighted by Crippen LogP contribution is 2.28. The van der Waals surface area contributed by atoms with Crippen molar-refractivity contribution in [3.63, 3.8) is 0 Å². The van der Waals surface area contributed by atoms with Gasteiger partial charge in [-0.2, -0.15) is 0 Å². The standard InChI is InChI=1S/C14H20BrNO/c1-5-16(9-10(2)3)12-6-7-13(11(4)17)14(15)8-12/h6-8,11,17H,2,5,9H2,1,3-4H3. The van der Waals surface area contributed by atoms with Gasteiger partial charge in [-0.25, -0.2) is 0 Å². The summed E-state index contributed by atoms with van der Waals surface area (Å²) < 4.78 is 0.949. The van der Waals surface area contributed by atoms with Crippen molar-refractivity contribution in [1.29, 1.82) is 0 Å². The fourth-order valence-corrected chi connectivity index (χ4v) is 2.46. The van der Waals surface area contributed by atoms with Crippen molar-refractivity contribution < 1.29 is 5.11 Å². The summed E-state index contributed by atoms with van der Waals surface area (Å²) in [7, 11) is 0. The van der Waals surface area contributed by atoms with E-state index in [1.165, 1.54) is 0 Å². The van der Waals surface area contributed by atoms with Gasteiger partial charge in [0.1, 0.15) is 0 Å². The molecule has 1 rings (SSSR count). The molecule has 0 aromatic heterocycles. The molecule has 0 aliphatic heterocycles. The van der Waals surface area contributed by atoms with Crippen LogP contribution in [0.1, 0.15) is 32.4 Å². The van der Waals surface area contributed by atoms with E-state index in [0.29, 0.717) is 0 Å². The molecule has 0 saturated heterocycles. The zero-order valence-electron chi connectivity index (χ0n) is 10.7. The minimum absolute atomic E-state index is 0.449. The molecule has 3 heteroatoms. The first kappa shape index (κ1) is 14.3. The van der Waals surface area contributed by atoms with Gasteiger partial charge in [0.15, 0.2) is 0 Å². The van der Waals surface area contributed by atoms with Gasteiger partial charge in [-0.05, 0) is 38.5 Å². The Morgan fingerprint density at radius 3 is 2.59 bits per heavy atom. The second-order valence-electron chi connectivity index (χ2n) is 4.35. The summed E-state index contributed by atoms with van der Waals surface area (Å²) in [5.41, 5.74) is 3.20. The lowest BCUT2D eigenvalue weighted by molar-refractivity contribution is 0.198. The first-order valence-electron chi connectivity index (χ1n) is 5.82. The van der Waals surface area contributed by atoms with Gasteiger partial charge < -0.3 is 10.0 Å². The Morgan fingerprint density at radius 2 is 2.18 bits per heavy atom. The molecule has 1 aromatic rings. The summed E-state index contributed by atoms with van der Waals surface area (Å²) in [6.07, 6.45) is -0.449. The van der Waals surface area contributed by atoms with Gasteiger partial charge in [-0.15, -0.1) is 0 Å². The molecular formula is C14H20BrNO. The molecule has 17 heavy (non-hydrogen) atoms. The molecule has 0 spiro atoms. The molecule has 0 saturated carbocycles. The van der Waals surface area contributed by atoms with E-state index in [0.717, 1.165) is 34.4 Å². The number of aliphatic hydroxyl groups excluding tert-OH is 1. The number of aliphatic hydroxyl groups is 1. The summed E-state index contributed by atoms with van der Waals surface area (Å²) >= 11 is 3.50. The first-order chi connectivity index (χ1) is 7.95. The van der Waals surface area contributed by atoms with E-state index in [-0.39, 0.29) is 0 Å². The minimum Gasteiger partial charge on any atom is -0.389 e. The Kier molecular flexibility index (Phi) is 5.22. The molecule has 0 fully saturated rings. The Morgan fingerprint density at radius 1 is 1.53 bits per heavy atom. The molecule has 0 heterocycles. The quantitative estimate of drug-likeness (QED) is 0.833. The van der Waals surface area contributed by atoms with Crippen LogP contribution in [0.4, 0.5) is 5.69 Å². The smallest absolute Gasteiger partial charge is 0.0772 e. The van der Waals surface area contributed by atoms with Crippen molar-refractivity contribution in [2.45, 2.75) is 26.9 Å². The van der Waals surface area contributed by atoms with E-state index in [4.69, 9.17) is 0 Å². The van der Waals surface area contributed by atoms with Gasteiger partial charge in [0, 0.05) is 23.2 Å². The van der Waals surface area contributed by atoms with Crippen molar-refractivity contribution in [3.05, 3.63) is 40.4 Å². The van der Waals surface area contributed by atoms with Crippen LogP contribution in [0, 0.1) is 0 Å². The van der Waals surface area contributed by atoms with Crippen LogP contribution in [-0.2, 0) is 0 Å². The highest BCUT2D eigenvalue weighted by Gasteiger charge is 2.10. The van der Waals surface area contributed by atoms with Crippen molar-refractivity contribution >= 4 is 21.6 Å². The lowest BCUT2D eigenvalue weighted by Crippen LogP contribution is -2.24. The third-order valence-electron chi connectivity index (χ3n) is 2.64. The maximum absolute atomic E-state index is 9.58. The van der Waals surface area contributed by atoms with Crippen LogP contribution in [-0.4, -0.2) is 18.2 Å². The topological polar surface area (TPSA) is 23.5 Å². The molecule has 1 atom stereocenters. The average Bonchev–Trinajstić information content (AvgIpc) is 2.24. The van der Waals surface area contributed by atoms with E-state index in [1.807, 2.05) is 19.1 Å². The number of hydrogen-bond acceptors (Lipinski definition) is 2. The molecule has 2 nitrogen and oxygen atoms in total. The zero-order chi connectivity index (χ0) is 13.0. The minimum atomic E-state index is -0.449. The Bertz CT molecular complexity index is 401. The Hall–Kier alpha value is -0.800. The van der Waals surface area contributed by atoms with E-state index in [1.54, 1.807) is 6.92 Å². The second kappa shape index (κ2) is 6.22. The number of hydrogen-bond donors (Lipinski definition) is 1. The molecule has 0 amide bonds.